The quantitative estimate of drug-likeness (QED) is 0.607. The molecule has 1 aromatic carbocycles. The number of piperidine rings is 1. The van der Waals surface area contributed by atoms with E-state index < -0.39 is 11.9 Å². The molecule has 1 fully saturated rings. The van der Waals surface area contributed by atoms with Crippen LogP contribution < -0.4 is 15.6 Å². The van der Waals surface area contributed by atoms with Crippen LogP contribution in [0, 0.1) is 17.2 Å². The molecule has 3 amide bonds. The van der Waals surface area contributed by atoms with Crippen LogP contribution in [0.3, 0.4) is 0 Å². The standard InChI is InChI=1S/C23H22N4O4/c1-31-19-7-5-15(6-8-19)9-17(11-24)22(29)25-23(30)26-12-16-10-18(14-26)20-3-2-4-21(28)27(20)13-16/h2-9,16,18H,10,12-14H2,1H3,(H,25,29,30)/t16-,18+/m1/s1. The van der Waals surface area contributed by atoms with Crippen LogP contribution >= 0.6 is 0 Å². The molecule has 8 heteroatoms. The molecule has 8 nitrogen and oxygen atoms in total. The number of nitrogens with zero attached hydrogens (tertiary/aromatic N) is 3. The fraction of sp³-hybridized carbons (Fsp3) is 0.304. The van der Waals surface area contributed by atoms with Gasteiger partial charge in [-0.25, -0.2) is 4.79 Å². The zero-order valence-corrected chi connectivity index (χ0v) is 17.1. The predicted octanol–water partition coefficient (Wildman–Crippen LogP) is 2.12. The van der Waals surface area contributed by atoms with E-state index in [0.29, 0.717) is 30.9 Å². The number of carbonyl (C=O) groups excluding carboxylic acids is 2. The normalized spacial score (nSPS) is 19.7. The molecule has 0 aliphatic carbocycles. The molecular formula is C23H22N4O4. The van der Waals surface area contributed by atoms with E-state index in [9.17, 15) is 19.6 Å². The fourth-order valence-electron chi connectivity index (χ4n) is 4.32. The Morgan fingerprint density at radius 3 is 2.65 bits per heavy atom. The predicted molar refractivity (Wildman–Crippen MR) is 113 cm³/mol. The number of urea groups is 1. The third kappa shape index (κ3) is 4.21. The maximum absolute atomic E-state index is 12.7. The first kappa shape index (κ1) is 20.4. The van der Waals surface area contributed by atoms with Gasteiger partial charge in [0.05, 0.1) is 7.11 Å². The number of aromatic nitrogens is 1. The van der Waals surface area contributed by atoms with Crippen LogP contribution in [0.1, 0.15) is 23.6 Å². The number of pyridine rings is 1. The summed E-state index contributed by atoms with van der Waals surface area (Å²) in [5.41, 5.74) is 1.38. The van der Waals surface area contributed by atoms with Crippen LogP contribution in [0.5, 0.6) is 5.75 Å². The molecule has 0 radical (unpaired) electrons. The second-order valence-corrected chi connectivity index (χ2v) is 7.81. The minimum Gasteiger partial charge on any atom is -0.497 e. The van der Waals surface area contributed by atoms with E-state index >= 15 is 0 Å². The Morgan fingerprint density at radius 1 is 1.16 bits per heavy atom. The molecule has 158 valence electrons. The molecule has 2 aliphatic rings. The van der Waals surface area contributed by atoms with Gasteiger partial charge in [0, 0.05) is 37.3 Å². The van der Waals surface area contributed by atoms with Gasteiger partial charge in [0.2, 0.25) is 0 Å². The molecule has 2 aliphatic heterocycles. The highest BCUT2D eigenvalue weighted by Gasteiger charge is 2.36. The van der Waals surface area contributed by atoms with Crippen molar-refractivity contribution < 1.29 is 14.3 Å². The summed E-state index contributed by atoms with van der Waals surface area (Å²) in [4.78, 5) is 39.0. The van der Waals surface area contributed by atoms with Crippen LogP contribution in [-0.4, -0.2) is 41.6 Å². The Morgan fingerprint density at radius 2 is 1.94 bits per heavy atom. The van der Waals surface area contributed by atoms with Crippen LogP contribution in [0.2, 0.25) is 0 Å². The van der Waals surface area contributed by atoms with Gasteiger partial charge in [-0.2, -0.15) is 5.26 Å². The smallest absolute Gasteiger partial charge is 0.324 e. The van der Waals surface area contributed by atoms with Crippen molar-refractivity contribution >= 4 is 18.0 Å². The van der Waals surface area contributed by atoms with Crippen molar-refractivity contribution in [3.05, 3.63) is 69.6 Å². The minimum atomic E-state index is -0.740. The number of methoxy groups -OCH3 is 1. The van der Waals surface area contributed by atoms with Gasteiger partial charge in [-0.05, 0) is 42.2 Å². The Kier molecular flexibility index (Phi) is 5.58. The first-order valence-electron chi connectivity index (χ1n) is 10.0. The lowest BCUT2D eigenvalue weighted by Crippen LogP contribution is -2.52. The molecule has 1 saturated heterocycles. The third-order valence-electron chi connectivity index (χ3n) is 5.78. The largest absolute Gasteiger partial charge is 0.497 e. The van der Waals surface area contributed by atoms with Crippen molar-refractivity contribution in [1.29, 1.82) is 5.26 Å². The highest BCUT2D eigenvalue weighted by atomic mass is 16.5. The summed E-state index contributed by atoms with van der Waals surface area (Å²) in [5.74, 6) is 0.121. The number of hydrogen-bond donors (Lipinski definition) is 1. The summed E-state index contributed by atoms with van der Waals surface area (Å²) in [6, 6.07) is 13.4. The van der Waals surface area contributed by atoms with Gasteiger partial charge in [0.25, 0.3) is 11.5 Å². The SMILES string of the molecule is COc1ccc(C=C(C#N)C(=O)NC(=O)N2C[C@H]3C[C@@H](C2)c2cccc(=O)n2C3)cc1. The molecule has 0 spiro atoms. The van der Waals surface area contributed by atoms with Gasteiger partial charge in [0.15, 0.2) is 0 Å². The second-order valence-electron chi connectivity index (χ2n) is 7.81. The van der Waals surface area contributed by atoms with Gasteiger partial charge in [0.1, 0.15) is 17.4 Å². The molecule has 31 heavy (non-hydrogen) atoms. The van der Waals surface area contributed by atoms with Gasteiger partial charge < -0.3 is 14.2 Å². The average Bonchev–Trinajstić information content (AvgIpc) is 2.78. The maximum Gasteiger partial charge on any atom is 0.324 e. The van der Waals surface area contributed by atoms with E-state index in [0.717, 1.165) is 12.1 Å². The van der Waals surface area contributed by atoms with Crippen molar-refractivity contribution in [2.75, 3.05) is 20.2 Å². The molecule has 2 bridgehead atoms. The number of carbonyl (C=O) groups is 2. The third-order valence-corrected chi connectivity index (χ3v) is 5.78. The monoisotopic (exact) mass is 418 g/mol. The highest BCUT2D eigenvalue weighted by molar-refractivity contribution is 6.08. The van der Waals surface area contributed by atoms with E-state index in [1.165, 1.54) is 6.08 Å². The lowest BCUT2D eigenvalue weighted by Gasteiger charge is -2.42. The van der Waals surface area contributed by atoms with E-state index in [4.69, 9.17) is 4.74 Å². The minimum absolute atomic E-state index is 0.0254. The number of nitrogens with one attached hydrogen (secondary N) is 1. The van der Waals surface area contributed by atoms with Crippen molar-refractivity contribution in [3.8, 4) is 11.8 Å². The number of hydrogen-bond acceptors (Lipinski definition) is 5. The number of imide groups is 1. The molecule has 4 rings (SSSR count). The Balaban J connectivity index is 1.45. The summed E-state index contributed by atoms with van der Waals surface area (Å²) >= 11 is 0. The van der Waals surface area contributed by atoms with Gasteiger partial charge in [-0.1, -0.05) is 18.2 Å². The van der Waals surface area contributed by atoms with Gasteiger partial charge >= 0.3 is 6.03 Å². The maximum atomic E-state index is 12.7. The molecule has 1 aromatic heterocycles. The number of amides is 3. The second kappa shape index (κ2) is 8.48. The summed E-state index contributed by atoms with van der Waals surface area (Å²) < 4.78 is 6.88. The number of fused-ring (bicyclic) bond motifs is 4. The molecule has 0 unspecified atom stereocenters. The number of nitriles is 1. The van der Waals surface area contributed by atoms with Crippen molar-refractivity contribution in [2.24, 2.45) is 5.92 Å². The Labute approximate surface area is 179 Å². The van der Waals surface area contributed by atoms with Crippen molar-refractivity contribution in [1.82, 2.24) is 14.8 Å². The summed E-state index contributed by atoms with van der Waals surface area (Å²) in [7, 11) is 1.55. The first-order valence-corrected chi connectivity index (χ1v) is 10.0. The van der Waals surface area contributed by atoms with E-state index in [1.54, 1.807) is 53.0 Å². The first-order chi connectivity index (χ1) is 15.0. The summed E-state index contributed by atoms with van der Waals surface area (Å²) in [6.45, 7) is 1.44. The molecular weight excluding hydrogens is 396 g/mol. The van der Waals surface area contributed by atoms with Crippen molar-refractivity contribution in [2.45, 2.75) is 18.9 Å². The van der Waals surface area contributed by atoms with Crippen LogP contribution in [-0.2, 0) is 11.3 Å². The lowest BCUT2D eigenvalue weighted by molar-refractivity contribution is -0.116. The average molecular weight is 418 g/mol. The Bertz CT molecular complexity index is 1140. The van der Waals surface area contributed by atoms with Crippen molar-refractivity contribution in [3.63, 3.8) is 0 Å². The van der Waals surface area contributed by atoms with Crippen LogP contribution in [0.4, 0.5) is 4.79 Å². The van der Waals surface area contributed by atoms with E-state index in [2.05, 4.69) is 5.32 Å². The van der Waals surface area contributed by atoms with Gasteiger partial charge in [-0.3, -0.25) is 14.9 Å². The lowest BCUT2D eigenvalue weighted by atomic mass is 9.83. The zero-order chi connectivity index (χ0) is 22.0. The zero-order valence-electron chi connectivity index (χ0n) is 17.1. The van der Waals surface area contributed by atoms with E-state index in [1.807, 2.05) is 12.1 Å². The Hall–Kier alpha value is -3.86. The molecule has 0 saturated carbocycles. The number of likely N-dealkylation sites (tertiary alicyclic amines) is 1. The van der Waals surface area contributed by atoms with Crippen LogP contribution in [0.25, 0.3) is 6.08 Å². The number of rotatable bonds is 3. The fourth-order valence-corrected chi connectivity index (χ4v) is 4.32. The summed E-state index contributed by atoms with van der Waals surface area (Å²) in [6.07, 6.45) is 2.33. The number of ether oxygens (including phenoxy) is 1. The molecule has 3 heterocycles. The highest BCUT2D eigenvalue weighted by Crippen LogP contribution is 2.34. The number of benzene rings is 1. The van der Waals surface area contributed by atoms with Crippen LogP contribution in [0.15, 0.2) is 52.8 Å². The van der Waals surface area contributed by atoms with Gasteiger partial charge in [-0.15, -0.1) is 0 Å². The van der Waals surface area contributed by atoms with E-state index in [-0.39, 0.29) is 23.0 Å². The molecule has 2 aromatic rings. The summed E-state index contributed by atoms with van der Waals surface area (Å²) in [5, 5.41) is 11.7. The molecule has 2 atom stereocenters. The molecule has 1 N–H and O–H groups in total. The topological polar surface area (TPSA) is 104 Å².